The number of hydrogen-bond donors (Lipinski definition) is 1. The second kappa shape index (κ2) is 10.9. The van der Waals surface area contributed by atoms with Gasteiger partial charge < -0.3 is 14.2 Å². The van der Waals surface area contributed by atoms with Crippen molar-refractivity contribution in [2.75, 3.05) is 38.7 Å². The Bertz CT molecular complexity index is 1580. The van der Waals surface area contributed by atoms with Crippen molar-refractivity contribution < 1.29 is 19.0 Å². The molecule has 0 atom stereocenters. The second-order valence-electron chi connectivity index (χ2n) is 8.94. The molecular weight excluding hydrogens is 520 g/mol. The van der Waals surface area contributed by atoms with Crippen LogP contribution in [0, 0.1) is 0 Å². The smallest absolute Gasteiger partial charge is 0.258 e. The summed E-state index contributed by atoms with van der Waals surface area (Å²) in [5.41, 5.74) is 2.18. The molecule has 194 valence electrons. The van der Waals surface area contributed by atoms with Crippen LogP contribution in [-0.2, 0) is 0 Å². The Labute approximate surface area is 227 Å². The minimum absolute atomic E-state index is 0.168. The average molecular weight is 547 g/mol. The molecule has 0 unspecified atom stereocenters. The van der Waals surface area contributed by atoms with Crippen molar-refractivity contribution in [3.63, 3.8) is 0 Å². The maximum absolute atomic E-state index is 12.4. The van der Waals surface area contributed by atoms with Crippen LogP contribution in [0.3, 0.4) is 0 Å². The largest absolute Gasteiger partial charge is 0.493 e. The molecule has 4 heterocycles. The molecule has 0 bridgehead atoms. The third-order valence-electron chi connectivity index (χ3n) is 6.44. The number of nitrogens with one attached hydrogen (secondary N) is 1. The van der Waals surface area contributed by atoms with Gasteiger partial charge in [-0.05, 0) is 61.6 Å². The Balaban J connectivity index is 1.21. The van der Waals surface area contributed by atoms with E-state index in [4.69, 9.17) is 14.2 Å². The summed E-state index contributed by atoms with van der Waals surface area (Å²) in [5, 5.41) is 7.93. The average Bonchev–Trinajstić information content (AvgIpc) is 3.70. The molecule has 1 amide bonds. The van der Waals surface area contributed by atoms with E-state index in [-0.39, 0.29) is 5.91 Å². The molecule has 1 saturated heterocycles. The Morgan fingerprint density at radius 1 is 1.05 bits per heavy atom. The van der Waals surface area contributed by atoms with E-state index >= 15 is 0 Å². The molecule has 6 rings (SSSR count). The molecule has 1 aliphatic heterocycles. The molecule has 8 nitrogen and oxygen atoms in total. The van der Waals surface area contributed by atoms with Crippen molar-refractivity contribution in [2.24, 2.45) is 0 Å². The Hall–Kier alpha value is -3.73. The second-order valence-corrected chi connectivity index (χ2v) is 10.8. The van der Waals surface area contributed by atoms with Gasteiger partial charge in [0.05, 0.1) is 28.4 Å². The maximum atomic E-state index is 12.4. The van der Waals surface area contributed by atoms with Crippen LogP contribution >= 0.6 is 22.7 Å². The topological polar surface area (TPSA) is 85.8 Å². The first-order valence-corrected chi connectivity index (χ1v) is 14.2. The van der Waals surface area contributed by atoms with Crippen LogP contribution in [0.4, 0.5) is 5.13 Å². The summed E-state index contributed by atoms with van der Waals surface area (Å²) >= 11 is 2.89. The van der Waals surface area contributed by atoms with Crippen LogP contribution in [-0.4, -0.2) is 54.1 Å². The zero-order valence-electron chi connectivity index (χ0n) is 20.8. The molecule has 1 fully saturated rings. The molecule has 10 heteroatoms. The van der Waals surface area contributed by atoms with Crippen LogP contribution in [0.15, 0.2) is 59.4 Å². The number of thiophene rings is 1. The van der Waals surface area contributed by atoms with Gasteiger partial charge in [0.2, 0.25) is 0 Å². The van der Waals surface area contributed by atoms with Crippen molar-refractivity contribution in [2.45, 2.75) is 12.8 Å². The van der Waals surface area contributed by atoms with Crippen LogP contribution in [0.1, 0.15) is 23.2 Å². The SMILES string of the molecule is COc1cc2c(Oc3ccc4nc(NC(=O)c5ccsc5)sc4c3)ccnc2cc1OCCN1CCCC1. The summed E-state index contributed by atoms with van der Waals surface area (Å²) < 4.78 is 18.9. The first kappa shape index (κ1) is 24.6. The number of ether oxygens (including phenoxy) is 3. The molecule has 1 aliphatic rings. The number of likely N-dealkylation sites (tertiary alicyclic amines) is 1. The number of fused-ring (bicyclic) bond motifs is 2. The Morgan fingerprint density at radius 2 is 1.95 bits per heavy atom. The van der Waals surface area contributed by atoms with Gasteiger partial charge in [-0.3, -0.25) is 20.0 Å². The van der Waals surface area contributed by atoms with Crippen molar-refractivity contribution in [3.05, 3.63) is 65.0 Å². The number of rotatable bonds is 9. The van der Waals surface area contributed by atoms with Crippen molar-refractivity contribution >= 4 is 54.8 Å². The van der Waals surface area contributed by atoms with E-state index in [1.165, 1.54) is 35.5 Å². The molecular formula is C28H26N4O4S2. The molecule has 5 aromatic rings. The highest BCUT2D eigenvalue weighted by atomic mass is 32.1. The van der Waals surface area contributed by atoms with Crippen LogP contribution in [0.2, 0.25) is 0 Å². The van der Waals surface area contributed by atoms with Gasteiger partial charge in [-0.2, -0.15) is 11.3 Å². The van der Waals surface area contributed by atoms with Gasteiger partial charge in [0.25, 0.3) is 5.91 Å². The third kappa shape index (κ3) is 5.28. The van der Waals surface area contributed by atoms with Gasteiger partial charge in [0.15, 0.2) is 16.6 Å². The van der Waals surface area contributed by atoms with Gasteiger partial charge in [0.1, 0.15) is 18.1 Å². The predicted molar refractivity (Wildman–Crippen MR) is 151 cm³/mol. The maximum Gasteiger partial charge on any atom is 0.258 e. The number of pyridine rings is 1. The minimum Gasteiger partial charge on any atom is -0.493 e. The summed E-state index contributed by atoms with van der Waals surface area (Å²) in [6.07, 6.45) is 4.24. The van der Waals surface area contributed by atoms with Crippen LogP contribution < -0.4 is 19.5 Å². The lowest BCUT2D eigenvalue weighted by Gasteiger charge is -2.17. The number of methoxy groups -OCH3 is 1. The molecule has 3 aromatic heterocycles. The lowest BCUT2D eigenvalue weighted by Crippen LogP contribution is -2.25. The Kier molecular flexibility index (Phi) is 7.08. The van der Waals surface area contributed by atoms with Crippen molar-refractivity contribution in [3.8, 4) is 23.0 Å². The van der Waals surface area contributed by atoms with E-state index in [0.29, 0.717) is 40.3 Å². The zero-order valence-corrected chi connectivity index (χ0v) is 22.4. The molecule has 0 radical (unpaired) electrons. The number of nitrogens with zero attached hydrogens (tertiary/aromatic N) is 3. The lowest BCUT2D eigenvalue weighted by atomic mass is 10.2. The number of amides is 1. The summed E-state index contributed by atoms with van der Waals surface area (Å²) in [6.45, 7) is 3.78. The normalized spacial score (nSPS) is 13.7. The number of benzene rings is 2. The molecule has 0 aliphatic carbocycles. The summed E-state index contributed by atoms with van der Waals surface area (Å²) in [6, 6.07) is 13.1. The fraction of sp³-hybridized carbons (Fsp3) is 0.250. The third-order valence-corrected chi connectivity index (χ3v) is 8.06. The van der Waals surface area contributed by atoms with E-state index in [9.17, 15) is 4.79 Å². The summed E-state index contributed by atoms with van der Waals surface area (Å²) in [4.78, 5) is 23.9. The van der Waals surface area contributed by atoms with Crippen molar-refractivity contribution in [1.82, 2.24) is 14.9 Å². The Morgan fingerprint density at radius 3 is 2.76 bits per heavy atom. The van der Waals surface area contributed by atoms with Gasteiger partial charge >= 0.3 is 0 Å². The van der Waals surface area contributed by atoms with E-state index in [1.54, 1.807) is 19.4 Å². The van der Waals surface area contributed by atoms with Gasteiger partial charge in [-0.25, -0.2) is 4.98 Å². The highest BCUT2D eigenvalue weighted by Gasteiger charge is 2.15. The fourth-order valence-electron chi connectivity index (χ4n) is 4.49. The van der Waals surface area contributed by atoms with E-state index in [0.717, 1.165) is 40.8 Å². The van der Waals surface area contributed by atoms with Gasteiger partial charge in [-0.1, -0.05) is 11.3 Å². The number of anilines is 1. The number of thiazole rings is 1. The zero-order chi connectivity index (χ0) is 25.9. The quantitative estimate of drug-likeness (QED) is 0.228. The van der Waals surface area contributed by atoms with Crippen molar-refractivity contribution in [1.29, 1.82) is 0 Å². The van der Waals surface area contributed by atoms with E-state index < -0.39 is 0 Å². The van der Waals surface area contributed by atoms with E-state index in [1.807, 2.05) is 47.2 Å². The predicted octanol–water partition coefficient (Wildman–Crippen LogP) is 6.43. The lowest BCUT2D eigenvalue weighted by molar-refractivity contribution is 0.102. The summed E-state index contributed by atoms with van der Waals surface area (Å²) in [7, 11) is 1.64. The number of carbonyl (C=O) groups excluding carboxylic acids is 1. The van der Waals surface area contributed by atoms with Gasteiger partial charge in [0, 0.05) is 35.6 Å². The highest BCUT2D eigenvalue weighted by molar-refractivity contribution is 7.22. The van der Waals surface area contributed by atoms with Crippen LogP contribution in [0.5, 0.6) is 23.0 Å². The molecule has 1 N–H and O–H groups in total. The number of hydrogen-bond acceptors (Lipinski definition) is 9. The first-order valence-electron chi connectivity index (χ1n) is 12.4. The van der Waals surface area contributed by atoms with E-state index in [2.05, 4.69) is 20.2 Å². The fourth-order valence-corrected chi connectivity index (χ4v) is 6.02. The molecule has 0 saturated carbocycles. The minimum atomic E-state index is -0.168. The molecule has 0 spiro atoms. The number of carbonyl (C=O) groups is 1. The monoisotopic (exact) mass is 546 g/mol. The molecule has 38 heavy (non-hydrogen) atoms. The summed E-state index contributed by atoms with van der Waals surface area (Å²) in [5.74, 6) is 2.46. The first-order chi connectivity index (χ1) is 18.7. The van der Waals surface area contributed by atoms with Crippen LogP contribution in [0.25, 0.3) is 21.1 Å². The van der Waals surface area contributed by atoms with Gasteiger partial charge in [-0.15, -0.1) is 0 Å². The highest BCUT2D eigenvalue weighted by Crippen LogP contribution is 2.38. The molecule has 2 aromatic carbocycles. The number of aromatic nitrogens is 2. The standard InChI is InChI=1S/C28H26N4O4S2/c1-34-24-15-20-22(16-25(24)35-12-11-32-9-2-3-10-32)29-8-6-23(20)36-19-4-5-21-26(14-19)38-28(30-21)31-27(33)18-7-13-37-17-18/h4-8,13-17H,2-3,9-12H2,1H3,(H,30,31,33).